The molecule has 6 heteroatoms. The zero-order chi connectivity index (χ0) is 29.3. The molecule has 0 heterocycles. The summed E-state index contributed by atoms with van der Waals surface area (Å²) in [5, 5.41) is 0.0582. The molecule has 2 atom stereocenters. The number of benzene rings is 2. The molecular weight excluding hydrogens is 502 g/mol. The lowest BCUT2D eigenvalue weighted by Crippen LogP contribution is -2.45. The van der Waals surface area contributed by atoms with Crippen LogP contribution in [0, 0.1) is 0 Å². The van der Waals surface area contributed by atoms with E-state index >= 15 is 0 Å². The first-order valence-corrected chi connectivity index (χ1v) is 17.0. The van der Waals surface area contributed by atoms with Gasteiger partial charge >= 0.3 is 6.09 Å². The van der Waals surface area contributed by atoms with Gasteiger partial charge in [-0.2, -0.15) is 0 Å². The molecule has 0 unspecified atom stereocenters. The third-order valence-corrected chi connectivity index (χ3v) is 11.9. The van der Waals surface area contributed by atoms with Crippen molar-refractivity contribution >= 4 is 20.2 Å². The number of ketones is 1. The predicted molar refractivity (Wildman–Crippen MR) is 164 cm³/mol. The lowest BCUT2D eigenvalue weighted by atomic mass is 9.97. The number of amides is 1. The minimum Gasteiger partial charge on any atom is -0.444 e. The van der Waals surface area contributed by atoms with Gasteiger partial charge in [0.2, 0.25) is 0 Å². The molecule has 0 aromatic heterocycles. The summed E-state index contributed by atoms with van der Waals surface area (Å²) in [5.41, 5.74) is 1.23. The topological polar surface area (TPSA) is 55.8 Å². The van der Waals surface area contributed by atoms with Crippen molar-refractivity contribution in [3.63, 3.8) is 0 Å². The highest BCUT2D eigenvalue weighted by Gasteiger charge is 2.40. The maximum absolute atomic E-state index is 13.1. The van der Waals surface area contributed by atoms with Gasteiger partial charge in [-0.25, -0.2) is 4.79 Å². The Bertz CT molecular complexity index is 1070. The smallest absolute Gasteiger partial charge is 0.410 e. The fraction of sp³-hybridized carbons (Fsp3) is 0.515. The molecule has 0 aliphatic rings. The molecule has 214 valence electrons. The molecule has 0 aliphatic carbocycles. The number of unbranched alkanes of at least 4 members (excludes halogenated alkanes) is 1. The second-order valence-corrected chi connectivity index (χ2v) is 17.6. The summed E-state index contributed by atoms with van der Waals surface area (Å²) < 4.78 is 12.7. The van der Waals surface area contributed by atoms with Gasteiger partial charge in [0.05, 0.1) is 6.10 Å². The van der Waals surface area contributed by atoms with E-state index in [4.69, 9.17) is 9.16 Å². The highest BCUT2D eigenvalue weighted by molar-refractivity contribution is 6.74. The van der Waals surface area contributed by atoms with Crippen molar-refractivity contribution in [3.8, 4) is 0 Å². The number of rotatable bonds is 12. The molecule has 2 rings (SSSR count). The van der Waals surface area contributed by atoms with E-state index in [9.17, 15) is 9.59 Å². The molecule has 39 heavy (non-hydrogen) atoms. The molecule has 2 aromatic carbocycles. The highest BCUT2D eigenvalue weighted by Crippen LogP contribution is 2.41. The SMILES string of the molecule is CN(C(=O)OC(C)(C)C)[C@H](CCC/C=C/C(=O)c1ccccc1)C[C@H](O[Si](C)(C)C(C)(C)C)c1ccccc1. The maximum Gasteiger partial charge on any atom is 0.410 e. The lowest BCUT2D eigenvalue weighted by Gasteiger charge is -2.41. The first-order chi connectivity index (χ1) is 18.1. The molecular formula is C33H49NO4Si. The second-order valence-electron chi connectivity index (χ2n) is 12.8. The normalized spacial score (nSPS) is 14.2. The minimum atomic E-state index is -2.09. The van der Waals surface area contributed by atoms with Crippen molar-refractivity contribution in [2.75, 3.05) is 7.05 Å². The Morgan fingerprint density at radius 2 is 1.49 bits per heavy atom. The Balaban J connectivity index is 2.22. The Morgan fingerprint density at radius 3 is 2.03 bits per heavy atom. The number of hydrogen-bond acceptors (Lipinski definition) is 4. The summed E-state index contributed by atoms with van der Waals surface area (Å²) in [5.74, 6) is 0.00457. The van der Waals surface area contributed by atoms with Crippen LogP contribution in [-0.2, 0) is 9.16 Å². The Morgan fingerprint density at radius 1 is 0.923 bits per heavy atom. The van der Waals surface area contributed by atoms with Crippen molar-refractivity contribution in [1.29, 1.82) is 0 Å². The molecule has 0 aliphatic heterocycles. The average Bonchev–Trinajstić information content (AvgIpc) is 2.86. The average molecular weight is 552 g/mol. The summed E-state index contributed by atoms with van der Waals surface area (Å²) in [7, 11) is -0.269. The van der Waals surface area contributed by atoms with Gasteiger partial charge in [-0.15, -0.1) is 0 Å². The van der Waals surface area contributed by atoms with Crippen LogP contribution in [0.5, 0.6) is 0 Å². The molecule has 0 radical (unpaired) electrons. The van der Waals surface area contributed by atoms with Gasteiger partial charge in [0.25, 0.3) is 0 Å². The summed E-state index contributed by atoms with van der Waals surface area (Å²) in [6, 6.07) is 19.5. The zero-order valence-electron chi connectivity index (χ0n) is 25.5. The lowest BCUT2D eigenvalue weighted by molar-refractivity contribution is 0.0159. The monoisotopic (exact) mass is 551 g/mol. The molecule has 5 nitrogen and oxygen atoms in total. The molecule has 1 amide bonds. The Hall–Kier alpha value is -2.70. The van der Waals surface area contributed by atoms with E-state index in [1.165, 1.54) is 0 Å². The van der Waals surface area contributed by atoms with Crippen LogP contribution < -0.4 is 0 Å². The van der Waals surface area contributed by atoms with Crippen molar-refractivity contribution in [2.45, 2.75) is 103 Å². The van der Waals surface area contributed by atoms with Gasteiger partial charge in [-0.1, -0.05) is 87.5 Å². The third-order valence-electron chi connectivity index (χ3n) is 7.37. The standard InChI is InChI=1S/C33H49NO4Si/c1-32(2,3)37-31(36)34(7)28(23-17-12-18-24-29(35)26-19-13-10-14-20-26)25-30(27-21-15-11-16-22-27)38-39(8,9)33(4,5)6/h10-11,13-16,18-22,24,28,30H,12,17,23,25H2,1-9H3/b24-18+/t28-,30+/m1/s1. The van der Waals surface area contributed by atoms with Crippen molar-refractivity contribution in [3.05, 3.63) is 83.9 Å². The zero-order valence-corrected chi connectivity index (χ0v) is 26.5. The molecule has 2 aromatic rings. The van der Waals surface area contributed by atoms with Crippen molar-refractivity contribution in [1.82, 2.24) is 4.90 Å². The quantitative estimate of drug-likeness (QED) is 0.114. The van der Waals surface area contributed by atoms with Crippen LogP contribution in [0.1, 0.15) is 89.3 Å². The summed E-state index contributed by atoms with van der Waals surface area (Å²) in [6.07, 6.45) is 6.12. The molecule has 0 N–H and O–H groups in total. The number of carbonyl (C=O) groups excluding carboxylic acids is 2. The first-order valence-electron chi connectivity index (χ1n) is 14.1. The molecule has 0 bridgehead atoms. The third kappa shape index (κ3) is 10.8. The fourth-order valence-electron chi connectivity index (χ4n) is 4.01. The number of ether oxygens (including phenoxy) is 1. The van der Waals surface area contributed by atoms with Crippen LogP contribution in [0.15, 0.2) is 72.8 Å². The molecule has 0 saturated heterocycles. The van der Waals surface area contributed by atoms with Crippen molar-refractivity contribution in [2.24, 2.45) is 0 Å². The summed E-state index contributed by atoms with van der Waals surface area (Å²) in [4.78, 5) is 27.3. The van der Waals surface area contributed by atoms with E-state index in [1.54, 1.807) is 11.0 Å². The van der Waals surface area contributed by atoms with E-state index in [0.717, 1.165) is 24.8 Å². The van der Waals surface area contributed by atoms with E-state index in [1.807, 2.05) is 82.4 Å². The molecule has 0 spiro atoms. The van der Waals surface area contributed by atoms with Gasteiger partial charge in [0.1, 0.15) is 5.60 Å². The Labute approximate surface area is 237 Å². The van der Waals surface area contributed by atoms with Crippen LogP contribution in [0.4, 0.5) is 4.79 Å². The van der Waals surface area contributed by atoms with Crippen LogP contribution in [-0.4, -0.2) is 43.8 Å². The van der Waals surface area contributed by atoms with E-state index in [2.05, 4.69) is 46.0 Å². The largest absolute Gasteiger partial charge is 0.444 e. The van der Waals surface area contributed by atoms with Gasteiger partial charge < -0.3 is 14.1 Å². The number of carbonyl (C=O) groups is 2. The number of nitrogens with zero attached hydrogens (tertiary/aromatic N) is 1. The van der Waals surface area contributed by atoms with Crippen LogP contribution in [0.2, 0.25) is 18.1 Å². The van der Waals surface area contributed by atoms with E-state index < -0.39 is 13.9 Å². The van der Waals surface area contributed by atoms with Crippen LogP contribution in [0.25, 0.3) is 0 Å². The highest BCUT2D eigenvalue weighted by atomic mass is 28.4. The summed E-state index contributed by atoms with van der Waals surface area (Å²) in [6.45, 7) is 16.9. The van der Waals surface area contributed by atoms with Gasteiger partial charge in [-0.05, 0) is 76.2 Å². The van der Waals surface area contributed by atoms with Crippen LogP contribution >= 0.6 is 0 Å². The van der Waals surface area contributed by atoms with Gasteiger partial charge in [0, 0.05) is 18.7 Å². The minimum absolute atomic E-state index is 0.00457. The molecule has 0 fully saturated rings. The molecule has 0 saturated carbocycles. The van der Waals surface area contributed by atoms with Crippen LogP contribution in [0.3, 0.4) is 0 Å². The first kappa shape index (κ1) is 32.5. The summed E-state index contributed by atoms with van der Waals surface area (Å²) >= 11 is 0. The van der Waals surface area contributed by atoms with E-state index in [-0.39, 0.29) is 29.1 Å². The fourth-order valence-corrected chi connectivity index (χ4v) is 5.31. The second kappa shape index (κ2) is 14.1. The van der Waals surface area contributed by atoms with E-state index in [0.29, 0.717) is 12.0 Å². The predicted octanol–water partition coefficient (Wildman–Crippen LogP) is 8.98. The Kier molecular flexibility index (Phi) is 11.7. The number of hydrogen-bond donors (Lipinski definition) is 0. The van der Waals surface area contributed by atoms with Gasteiger partial charge in [0.15, 0.2) is 14.1 Å². The van der Waals surface area contributed by atoms with Gasteiger partial charge in [-0.3, -0.25) is 4.79 Å². The maximum atomic E-state index is 13.1. The number of allylic oxidation sites excluding steroid dienone is 2. The van der Waals surface area contributed by atoms with Crippen molar-refractivity contribution < 1.29 is 18.8 Å².